The molecule has 0 bridgehead atoms. The minimum absolute atomic E-state index is 0.0339. The number of aliphatic carboxylic acids is 1. The van der Waals surface area contributed by atoms with Crippen molar-refractivity contribution in [3.8, 4) is 5.75 Å². The second kappa shape index (κ2) is 13.9. The van der Waals surface area contributed by atoms with Crippen LogP contribution in [0.2, 0.25) is 0 Å². The summed E-state index contributed by atoms with van der Waals surface area (Å²) < 4.78 is 12.7. The quantitative estimate of drug-likeness (QED) is 0.289. The minimum Gasteiger partial charge on any atom is -0.495 e. The molecule has 9 nitrogen and oxygen atoms in total. The van der Waals surface area contributed by atoms with Crippen LogP contribution in [-0.2, 0) is 20.7 Å². The van der Waals surface area contributed by atoms with Gasteiger partial charge in [0.15, 0.2) is 0 Å². The van der Waals surface area contributed by atoms with Crippen molar-refractivity contribution in [2.75, 3.05) is 24.4 Å². The van der Waals surface area contributed by atoms with Gasteiger partial charge in [0.25, 0.3) is 0 Å². The molecule has 226 valence electrons. The molecule has 5 rings (SSSR count). The minimum atomic E-state index is -0.714. The molecule has 2 aliphatic carbocycles. The number of halogens is 1. The van der Waals surface area contributed by atoms with E-state index in [2.05, 4.69) is 31.5 Å². The second-order valence-electron chi connectivity index (χ2n) is 11.7. The van der Waals surface area contributed by atoms with E-state index >= 15 is 0 Å². The summed E-state index contributed by atoms with van der Waals surface area (Å²) >= 11 is 3.43. The lowest BCUT2D eigenvalue weighted by molar-refractivity contribution is -0.144. The molecule has 3 N–H and O–H groups in total. The van der Waals surface area contributed by atoms with Gasteiger partial charge in [-0.05, 0) is 96.6 Å². The predicted octanol–water partition coefficient (Wildman–Crippen LogP) is 6.46. The Labute approximate surface area is 255 Å². The van der Waals surface area contributed by atoms with Crippen molar-refractivity contribution in [2.24, 2.45) is 11.8 Å². The van der Waals surface area contributed by atoms with Crippen molar-refractivity contribution in [1.29, 1.82) is 0 Å². The van der Waals surface area contributed by atoms with Crippen LogP contribution in [0.4, 0.5) is 16.2 Å². The normalized spacial score (nSPS) is 25.4. The maximum absolute atomic E-state index is 13.8. The number of nitrogens with one attached hydrogen (secondary N) is 2. The highest BCUT2D eigenvalue weighted by atomic mass is 79.9. The van der Waals surface area contributed by atoms with Crippen LogP contribution in [0.15, 0.2) is 46.9 Å². The zero-order valence-corrected chi connectivity index (χ0v) is 25.6. The zero-order valence-electron chi connectivity index (χ0n) is 24.0. The Kier molecular flexibility index (Phi) is 10.1. The van der Waals surface area contributed by atoms with Crippen LogP contribution in [0, 0.1) is 11.8 Å². The number of carbonyl (C=O) groups excluding carboxylic acids is 2. The Morgan fingerprint density at radius 1 is 0.976 bits per heavy atom. The van der Waals surface area contributed by atoms with E-state index in [1.54, 1.807) is 19.2 Å². The highest BCUT2D eigenvalue weighted by molar-refractivity contribution is 9.10. The van der Waals surface area contributed by atoms with Crippen molar-refractivity contribution in [2.45, 2.75) is 82.4 Å². The van der Waals surface area contributed by atoms with Gasteiger partial charge < -0.3 is 30.1 Å². The fraction of sp³-hybridized carbons (Fsp3) is 0.531. The van der Waals surface area contributed by atoms with Gasteiger partial charge in [-0.2, -0.15) is 0 Å². The Hall–Kier alpha value is -3.11. The Morgan fingerprint density at radius 2 is 1.71 bits per heavy atom. The number of carboxylic acid groups (broad SMARTS) is 1. The van der Waals surface area contributed by atoms with Gasteiger partial charge in [0.2, 0.25) is 5.91 Å². The zero-order chi connectivity index (χ0) is 29.6. The SMILES string of the molecule is COc1cc(CC(=O)N2C3CCCCC3C[C@H]2COC2CCC(C(=O)O)CC2)ccc1NC(=O)Nc1ccccc1Br. The lowest BCUT2D eigenvalue weighted by atomic mass is 9.84. The first-order chi connectivity index (χ1) is 20.3. The molecule has 3 atom stereocenters. The molecule has 0 aromatic heterocycles. The Bertz CT molecular complexity index is 1280. The number of hydrogen-bond donors (Lipinski definition) is 3. The van der Waals surface area contributed by atoms with E-state index in [9.17, 15) is 19.5 Å². The van der Waals surface area contributed by atoms with Gasteiger partial charge in [-0.15, -0.1) is 0 Å². The van der Waals surface area contributed by atoms with Gasteiger partial charge in [0.05, 0.1) is 49.6 Å². The van der Waals surface area contributed by atoms with Gasteiger partial charge >= 0.3 is 12.0 Å². The van der Waals surface area contributed by atoms with Crippen molar-refractivity contribution in [3.63, 3.8) is 0 Å². The predicted molar refractivity (Wildman–Crippen MR) is 164 cm³/mol. The molecule has 2 aromatic rings. The summed E-state index contributed by atoms with van der Waals surface area (Å²) in [5.74, 6) is 0.0900. The van der Waals surface area contributed by atoms with Crippen LogP contribution in [-0.4, -0.2) is 59.8 Å². The van der Waals surface area contributed by atoms with E-state index in [1.807, 2.05) is 30.3 Å². The maximum Gasteiger partial charge on any atom is 0.323 e. The number of rotatable bonds is 9. The number of urea groups is 1. The molecule has 10 heteroatoms. The summed E-state index contributed by atoms with van der Waals surface area (Å²) in [6, 6.07) is 12.7. The number of methoxy groups -OCH3 is 1. The Morgan fingerprint density at radius 3 is 2.45 bits per heavy atom. The van der Waals surface area contributed by atoms with E-state index in [4.69, 9.17) is 9.47 Å². The lowest BCUT2D eigenvalue weighted by Crippen LogP contribution is -2.46. The number of hydrogen-bond acceptors (Lipinski definition) is 5. The molecule has 0 spiro atoms. The summed E-state index contributed by atoms with van der Waals surface area (Å²) in [6.45, 7) is 0.500. The first-order valence-electron chi connectivity index (χ1n) is 15.0. The van der Waals surface area contributed by atoms with Crippen LogP contribution < -0.4 is 15.4 Å². The number of carbonyl (C=O) groups is 3. The average molecular weight is 643 g/mol. The van der Waals surface area contributed by atoms with Crippen LogP contribution in [0.1, 0.15) is 63.4 Å². The number of para-hydroxylation sites is 1. The van der Waals surface area contributed by atoms with Gasteiger partial charge in [-0.3, -0.25) is 9.59 Å². The highest BCUT2D eigenvalue weighted by Gasteiger charge is 2.44. The van der Waals surface area contributed by atoms with E-state index < -0.39 is 12.0 Å². The standard InChI is InChI=1S/C32H40BrN3O6/c1-41-29-16-20(10-15-27(29)35-32(40)34-26-8-4-3-7-25(26)33)17-30(37)36-23(18-22-6-2-5-9-28(22)36)19-42-24-13-11-21(12-14-24)31(38)39/h3-4,7-8,10,15-16,21-24,28H,2,5-6,9,11-14,17-19H2,1H3,(H,38,39)(H2,34,35,40)/t21?,22?,23-,24?,28?/m0/s1. The number of amides is 3. The molecule has 2 aromatic carbocycles. The van der Waals surface area contributed by atoms with Gasteiger partial charge in [-0.25, -0.2) is 4.79 Å². The molecule has 3 amide bonds. The summed E-state index contributed by atoms with van der Waals surface area (Å²) in [4.78, 5) is 39.9. The third-order valence-electron chi connectivity index (χ3n) is 9.02. The molecule has 42 heavy (non-hydrogen) atoms. The van der Waals surface area contributed by atoms with E-state index in [1.165, 1.54) is 6.42 Å². The smallest absolute Gasteiger partial charge is 0.323 e. The maximum atomic E-state index is 13.8. The fourth-order valence-electron chi connectivity index (χ4n) is 6.88. The number of carboxylic acids is 1. The van der Waals surface area contributed by atoms with Crippen molar-refractivity contribution in [1.82, 2.24) is 4.90 Å². The van der Waals surface area contributed by atoms with Crippen molar-refractivity contribution < 1.29 is 29.0 Å². The second-order valence-corrected chi connectivity index (χ2v) is 12.6. The van der Waals surface area contributed by atoms with Crippen molar-refractivity contribution >= 4 is 45.2 Å². The lowest BCUT2D eigenvalue weighted by Gasteiger charge is -2.35. The summed E-state index contributed by atoms with van der Waals surface area (Å²) in [5, 5.41) is 14.9. The number of benzene rings is 2. The molecule has 2 saturated carbocycles. The molecule has 3 aliphatic rings. The van der Waals surface area contributed by atoms with Crippen LogP contribution in [0.25, 0.3) is 0 Å². The first kappa shape index (κ1) is 30.4. The van der Waals surface area contributed by atoms with Crippen molar-refractivity contribution in [3.05, 3.63) is 52.5 Å². The van der Waals surface area contributed by atoms with Gasteiger partial charge in [-0.1, -0.05) is 31.0 Å². The van der Waals surface area contributed by atoms with E-state index in [0.29, 0.717) is 42.5 Å². The number of fused-ring (bicyclic) bond motifs is 1. The average Bonchev–Trinajstić information content (AvgIpc) is 3.37. The molecule has 2 unspecified atom stereocenters. The monoisotopic (exact) mass is 641 g/mol. The first-order valence-corrected chi connectivity index (χ1v) is 15.8. The number of likely N-dealkylation sites (tertiary alicyclic amines) is 1. The summed E-state index contributed by atoms with van der Waals surface area (Å²) in [7, 11) is 1.54. The highest BCUT2D eigenvalue weighted by Crippen LogP contribution is 2.41. The largest absolute Gasteiger partial charge is 0.495 e. The molecular formula is C32H40BrN3O6. The summed E-state index contributed by atoms with van der Waals surface area (Å²) in [5.41, 5.74) is 1.98. The van der Waals surface area contributed by atoms with Crippen LogP contribution >= 0.6 is 15.9 Å². The molecule has 3 fully saturated rings. The van der Waals surface area contributed by atoms with Crippen LogP contribution in [0.3, 0.4) is 0 Å². The Balaban J connectivity index is 1.22. The number of ether oxygens (including phenoxy) is 2. The molecule has 1 aliphatic heterocycles. The van der Waals surface area contributed by atoms with E-state index in [-0.39, 0.29) is 36.4 Å². The summed E-state index contributed by atoms with van der Waals surface area (Å²) in [6.07, 6.45) is 8.57. The molecule has 0 radical (unpaired) electrons. The third-order valence-corrected chi connectivity index (χ3v) is 9.71. The topological polar surface area (TPSA) is 117 Å². The van der Waals surface area contributed by atoms with Gasteiger partial charge in [0.1, 0.15) is 5.75 Å². The molecule has 1 heterocycles. The molecular weight excluding hydrogens is 602 g/mol. The van der Waals surface area contributed by atoms with E-state index in [0.717, 1.165) is 48.6 Å². The fourth-order valence-corrected chi connectivity index (χ4v) is 7.26. The van der Waals surface area contributed by atoms with Crippen LogP contribution in [0.5, 0.6) is 5.75 Å². The number of anilines is 2. The van der Waals surface area contributed by atoms with Gasteiger partial charge in [0, 0.05) is 10.5 Å². The molecule has 1 saturated heterocycles. The third kappa shape index (κ3) is 7.26. The number of nitrogens with zero attached hydrogens (tertiary/aromatic N) is 1.